The Bertz CT molecular complexity index is 1170. The molecule has 0 aliphatic heterocycles. The molecule has 2 heterocycles. The van der Waals surface area contributed by atoms with Crippen molar-refractivity contribution in [1.82, 2.24) is 9.97 Å². The summed E-state index contributed by atoms with van der Waals surface area (Å²) in [6, 6.07) is 21.9. The van der Waals surface area contributed by atoms with Crippen LogP contribution in [0.3, 0.4) is 0 Å². The molecule has 0 spiro atoms. The average Bonchev–Trinajstić information content (AvgIpc) is 2.74. The second-order valence-corrected chi connectivity index (χ2v) is 6.23. The molecular formula is C22H21N5O2. The zero-order chi connectivity index (χ0) is 20.6. The molecule has 5 N–H and O–H groups in total. The van der Waals surface area contributed by atoms with E-state index in [1.165, 1.54) is 23.2 Å². The largest absolute Gasteiger partial charge is 0.393 e. The number of nitrogens with zero attached hydrogens (tertiary/aromatic N) is 1. The Kier molecular flexibility index (Phi) is 6.22. The number of aromatic amines is 1. The number of hydrogen-bond acceptors (Lipinski definition) is 5. The van der Waals surface area contributed by atoms with Crippen LogP contribution < -0.4 is 21.9 Å². The molecule has 0 unspecified atom stereocenters. The first-order valence-electron chi connectivity index (χ1n) is 8.94. The number of fused-ring (bicyclic) bond motifs is 1. The van der Waals surface area contributed by atoms with Crippen molar-refractivity contribution in [2.75, 3.05) is 16.4 Å². The Morgan fingerprint density at radius 3 is 2.55 bits per heavy atom. The minimum Gasteiger partial charge on any atom is -0.393 e. The van der Waals surface area contributed by atoms with Gasteiger partial charge in [0.05, 0.1) is 11.2 Å². The van der Waals surface area contributed by atoms with Crippen LogP contribution in [-0.4, -0.2) is 16.4 Å². The quantitative estimate of drug-likeness (QED) is 0.398. The normalized spacial score (nSPS) is 9.97. The number of nitrogen functional groups attached to an aromatic ring is 1. The number of nitrogens with one attached hydrogen (secondary N) is 3. The maximum atomic E-state index is 10.8. The molecule has 0 aliphatic carbocycles. The molecule has 0 bridgehead atoms. The van der Waals surface area contributed by atoms with Crippen molar-refractivity contribution in [3.8, 4) is 0 Å². The summed E-state index contributed by atoms with van der Waals surface area (Å²) in [5.41, 5.74) is 8.54. The molecule has 4 rings (SSSR count). The van der Waals surface area contributed by atoms with E-state index in [0.717, 1.165) is 17.0 Å². The lowest BCUT2D eigenvalue weighted by molar-refractivity contribution is -0.105. The molecule has 0 saturated carbocycles. The van der Waals surface area contributed by atoms with E-state index >= 15 is 0 Å². The van der Waals surface area contributed by atoms with Crippen LogP contribution in [0, 0.1) is 6.92 Å². The highest BCUT2D eigenvalue weighted by molar-refractivity contribution is 5.83. The molecule has 0 saturated heterocycles. The summed E-state index contributed by atoms with van der Waals surface area (Å²) in [6.45, 7) is 2.08. The fourth-order valence-electron chi connectivity index (χ4n) is 2.71. The van der Waals surface area contributed by atoms with Crippen molar-refractivity contribution in [2.45, 2.75) is 6.92 Å². The van der Waals surface area contributed by atoms with Crippen molar-refractivity contribution in [3.05, 3.63) is 88.8 Å². The Hall–Kier alpha value is -4.13. The zero-order valence-corrected chi connectivity index (χ0v) is 15.8. The van der Waals surface area contributed by atoms with Gasteiger partial charge in [-0.3, -0.25) is 9.59 Å². The number of pyridine rings is 2. The van der Waals surface area contributed by atoms with Gasteiger partial charge < -0.3 is 21.4 Å². The van der Waals surface area contributed by atoms with Gasteiger partial charge in [0.1, 0.15) is 11.5 Å². The topological polar surface area (TPSA) is 113 Å². The summed E-state index contributed by atoms with van der Waals surface area (Å²) in [4.78, 5) is 27.8. The van der Waals surface area contributed by atoms with Gasteiger partial charge in [-0.2, -0.15) is 0 Å². The maximum Gasteiger partial charge on any atom is 0.273 e. The third kappa shape index (κ3) is 4.98. The van der Waals surface area contributed by atoms with Crippen LogP contribution in [0.4, 0.5) is 22.9 Å². The summed E-state index contributed by atoms with van der Waals surface area (Å²) in [7, 11) is 0. The number of carbonyl (C=O) groups excluding carboxylic acids is 1. The van der Waals surface area contributed by atoms with Crippen LogP contribution in [0.5, 0.6) is 0 Å². The smallest absolute Gasteiger partial charge is 0.273 e. The highest BCUT2D eigenvalue weighted by Crippen LogP contribution is 2.20. The SMILES string of the molecule is Cc1cccc2ccc(Nc3ccccc3)nc12.Nc1c(NC=O)cc[nH]c1=O. The summed E-state index contributed by atoms with van der Waals surface area (Å²) in [5, 5.41) is 6.78. The van der Waals surface area contributed by atoms with E-state index in [1.807, 2.05) is 36.4 Å². The summed E-state index contributed by atoms with van der Waals surface area (Å²) in [6.07, 6.45) is 1.87. The molecule has 0 aliphatic rings. The van der Waals surface area contributed by atoms with Crippen molar-refractivity contribution in [3.63, 3.8) is 0 Å². The summed E-state index contributed by atoms with van der Waals surface area (Å²) in [5.74, 6) is 0.878. The predicted molar refractivity (Wildman–Crippen MR) is 117 cm³/mol. The predicted octanol–water partition coefficient (Wildman–Crippen LogP) is 3.81. The van der Waals surface area contributed by atoms with E-state index in [0.29, 0.717) is 12.1 Å². The van der Waals surface area contributed by atoms with Crippen LogP contribution in [-0.2, 0) is 4.79 Å². The first-order valence-corrected chi connectivity index (χ1v) is 8.94. The van der Waals surface area contributed by atoms with E-state index in [-0.39, 0.29) is 5.69 Å². The van der Waals surface area contributed by atoms with Crippen molar-refractivity contribution >= 4 is 40.2 Å². The van der Waals surface area contributed by atoms with E-state index in [2.05, 4.69) is 51.8 Å². The molecule has 7 heteroatoms. The van der Waals surface area contributed by atoms with Gasteiger partial charge in [0.15, 0.2) is 0 Å². The number of aryl methyl sites for hydroxylation is 1. The van der Waals surface area contributed by atoms with Crippen molar-refractivity contribution in [1.29, 1.82) is 0 Å². The highest BCUT2D eigenvalue weighted by Gasteiger charge is 2.01. The standard InChI is InChI=1S/C16H14N2.C6H7N3O2/c1-12-6-5-7-13-10-11-15(18-16(12)13)17-14-8-3-2-4-9-14;7-5-4(9-3-10)1-2-8-6(5)11/h2-11H,1H3,(H,17,18);1-3H,7H2,(H2,8,9,10,11). The van der Waals surface area contributed by atoms with Gasteiger partial charge in [0, 0.05) is 17.3 Å². The number of H-pyrrole nitrogens is 1. The molecule has 0 fully saturated rings. The lowest BCUT2D eigenvalue weighted by Gasteiger charge is -2.07. The van der Waals surface area contributed by atoms with Gasteiger partial charge in [-0.05, 0) is 42.8 Å². The second kappa shape index (κ2) is 9.18. The Morgan fingerprint density at radius 2 is 1.79 bits per heavy atom. The van der Waals surface area contributed by atoms with Gasteiger partial charge in [-0.15, -0.1) is 0 Å². The van der Waals surface area contributed by atoms with Gasteiger partial charge in [0.25, 0.3) is 5.56 Å². The molecule has 1 amide bonds. The number of rotatable bonds is 4. The molecule has 0 atom stereocenters. The molecule has 2 aromatic carbocycles. The van der Waals surface area contributed by atoms with Gasteiger partial charge >= 0.3 is 0 Å². The van der Waals surface area contributed by atoms with Crippen LogP contribution >= 0.6 is 0 Å². The molecular weight excluding hydrogens is 366 g/mol. The Labute approximate surface area is 167 Å². The van der Waals surface area contributed by atoms with E-state index in [9.17, 15) is 9.59 Å². The zero-order valence-electron chi connectivity index (χ0n) is 15.8. The highest BCUT2D eigenvalue weighted by atomic mass is 16.1. The van der Waals surface area contributed by atoms with Crippen LogP contribution in [0.15, 0.2) is 77.7 Å². The number of para-hydroxylation sites is 2. The number of carbonyl (C=O) groups is 1. The second-order valence-electron chi connectivity index (χ2n) is 6.23. The average molecular weight is 387 g/mol. The van der Waals surface area contributed by atoms with Crippen molar-refractivity contribution < 1.29 is 4.79 Å². The minimum absolute atomic E-state index is 0.0135. The van der Waals surface area contributed by atoms with Crippen molar-refractivity contribution in [2.24, 2.45) is 0 Å². The Balaban J connectivity index is 0.000000188. The number of benzene rings is 2. The van der Waals surface area contributed by atoms with Gasteiger partial charge in [-0.1, -0.05) is 36.4 Å². The van der Waals surface area contributed by atoms with Crippen LogP contribution in [0.25, 0.3) is 10.9 Å². The van der Waals surface area contributed by atoms with Gasteiger partial charge in [0.2, 0.25) is 6.41 Å². The number of nitrogens with two attached hydrogens (primary N) is 1. The number of anilines is 4. The first kappa shape index (κ1) is 19.6. The molecule has 7 nitrogen and oxygen atoms in total. The lowest BCUT2D eigenvalue weighted by Crippen LogP contribution is -2.13. The third-order valence-corrected chi connectivity index (χ3v) is 4.18. The first-order chi connectivity index (χ1) is 14.1. The van der Waals surface area contributed by atoms with Gasteiger partial charge in [-0.25, -0.2) is 4.98 Å². The summed E-state index contributed by atoms with van der Waals surface area (Å²) < 4.78 is 0. The maximum absolute atomic E-state index is 10.8. The molecule has 2 aromatic heterocycles. The third-order valence-electron chi connectivity index (χ3n) is 4.18. The fourth-order valence-corrected chi connectivity index (χ4v) is 2.71. The lowest BCUT2D eigenvalue weighted by atomic mass is 10.1. The van der Waals surface area contributed by atoms with Crippen LogP contribution in [0.1, 0.15) is 5.56 Å². The fraction of sp³-hybridized carbons (Fsp3) is 0.0455. The molecule has 0 radical (unpaired) electrons. The van der Waals surface area contributed by atoms with Crippen LogP contribution in [0.2, 0.25) is 0 Å². The Morgan fingerprint density at radius 1 is 1.00 bits per heavy atom. The van der Waals surface area contributed by atoms with E-state index in [4.69, 9.17) is 5.73 Å². The number of aromatic nitrogens is 2. The monoisotopic (exact) mass is 387 g/mol. The van der Waals surface area contributed by atoms with E-state index < -0.39 is 5.56 Å². The van der Waals surface area contributed by atoms with E-state index in [1.54, 1.807) is 0 Å². The molecule has 4 aromatic rings. The molecule has 29 heavy (non-hydrogen) atoms. The summed E-state index contributed by atoms with van der Waals surface area (Å²) >= 11 is 0. The number of hydrogen-bond donors (Lipinski definition) is 4. The minimum atomic E-state index is -0.406. The number of amides is 1. The molecule has 146 valence electrons.